The van der Waals surface area contributed by atoms with Crippen molar-refractivity contribution in [2.45, 2.75) is 7.43 Å². The summed E-state index contributed by atoms with van der Waals surface area (Å²) in [4.78, 5) is 0. The largest absolute Gasteiger partial charge is 0.184 e. The van der Waals surface area contributed by atoms with Crippen LogP contribution in [0.5, 0.6) is 0 Å². The summed E-state index contributed by atoms with van der Waals surface area (Å²) in [5.74, 6) is 0. The fourth-order valence-electron chi connectivity index (χ4n) is 0.342. The first-order valence-electron chi connectivity index (χ1n) is 2.11. The molecule has 0 radical (unpaired) electrons. The fraction of sp³-hybridized carbons (Fsp3) is 0.143. The SMILES string of the molecule is C.[NH]=[W].[c-]1ccccc1. The molecule has 0 saturated carbocycles. The van der Waals surface area contributed by atoms with E-state index in [4.69, 9.17) is 3.91 Å². The van der Waals surface area contributed by atoms with E-state index < -0.39 is 0 Å². The summed E-state index contributed by atoms with van der Waals surface area (Å²) in [6.45, 7) is 0. The molecule has 0 unspecified atom stereocenters. The van der Waals surface area contributed by atoms with E-state index in [-0.39, 0.29) is 7.43 Å². The van der Waals surface area contributed by atoms with Gasteiger partial charge in [-0.1, -0.05) is 7.43 Å². The fourth-order valence-corrected chi connectivity index (χ4v) is 0.342. The molecule has 9 heavy (non-hydrogen) atoms. The van der Waals surface area contributed by atoms with Crippen molar-refractivity contribution >= 4 is 0 Å². The van der Waals surface area contributed by atoms with E-state index in [2.05, 4.69) is 6.07 Å². The Bertz CT molecular complexity index is 91.8. The Morgan fingerprint density at radius 3 is 1.56 bits per heavy atom. The van der Waals surface area contributed by atoms with E-state index in [9.17, 15) is 0 Å². The van der Waals surface area contributed by atoms with Crippen LogP contribution in [0.1, 0.15) is 7.43 Å². The van der Waals surface area contributed by atoms with Gasteiger partial charge in [0, 0.05) is 0 Å². The zero-order chi connectivity index (χ0) is 6.24. The third-order valence-corrected chi connectivity index (χ3v) is 0.607. The molecule has 1 nitrogen and oxygen atoms in total. The predicted molar refractivity (Wildman–Crippen MR) is 34.7 cm³/mol. The topological polar surface area (TPSA) is 23.9 Å². The molecule has 0 bridgehead atoms. The van der Waals surface area contributed by atoms with Crippen molar-refractivity contribution in [3.63, 3.8) is 0 Å². The molecule has 0 aliphatic carbocycles. The molecule has 0 aliphatic rings. The van der Waals surface area contributed by atoms with Crippen LogP contribution in [-0.2, 0) is 19.6 Å². The zero-order valence-corrected chi connectivity index (χ0v) is 7.23. The molecule has 0 fully saturated rings. The molecule has 50 valence electrons. The van der Waals surface area contributed by atoms with Crippen LogP contribution in [0.4, 0.5) is 0 Å². The molecule has 0 aromatic heterocycles. The summed E-state index contributed by atoms with van der Waals surface area (Å²) in [6.07, 6.45) is 0. The van der Waals surface area contributed by atoms with E-state index in [1.165, 1.54) is 0 Å². The summed E-state index contributed by atoms with van der Waals surface area (Å²) in [5.41, 5.74) is 0. The number of benzene rings is 1. The van der Waals surface area contributed by atoms with Crippen molar-refractivity contribution in [1.29, 1.82) is 3.91 Å². The third kappa shape index (κ3) is 7.71. The molecule has 0 heterocycles. The second-order valence-corrected chi connectivity index (χ2v) is 1.08. The van der Waals surface area contributed by atoms with Crippen LogP contribution in [0, 0.1) is 9.98 Å². The first kappa shape index (κ1) is 11.5. The Balaban J connectivity index is 0. The average Bonchev–Trinajstić information content (AvgIpc) is 1.96. The molecule has 0 saturated heterocycles. The minimum atomic E-state index is 0. The standard InChI is InChI=1S/C6H5.CH4.HN.W/c1-2-4-6-5-3-1;;;/h1-5H;1H4;1H;/q-1;;;. The van der Waals surface area contributed by atoms with E-state index in [1.54, 1.807) is 0 Å². The van der Waals surface area contributed by atoms with Gasteiger partial charge < -0.3 is 0 Å². The molecule has 0 atom stereocenters. The van der Waals surface area contributed by atoms with Gasteiger partial charge in [-0.2, -0.15) is 36.4 Å². The summed E-state index contributed by atoms with van der Waals surface area (Å²) < 4.78 is 5.83. The van der Waals surface area contributed by atoms with Crippen molar-refractivity contribution in [2.24, 2.45) is 0 Å². The molecule has 0 spiro atoms. The van der Waals surface area contributed by atoms with Crippen molar-refractivity contribution < 1.29 is 19.6 Å². The summed E-state index contributed by atoms with van der Waals surface area (Å²) in [6, 6.07) is 12.5. The van der Waals surface area contributed by atoms with Crippen molar-refractivity contribution in [3.8, 4) is 0 Å². The van der Waals surface area contributed by atoms with E-state index in [1.807, 2.05) is 30.3 Å². The van der Waals surface area contributed by atoms with Crippen LogP contribution in [0.15, 0.2) is 30.3 Å². The Hall–Kier alpha value is -0.292. The maximum absolute atomic E-state index is 5.83. The third-order valence-electron chi connectivity index (χ3n) is 0.607. The van der Waals surface area contributed by atoms with Crippen LogP contribution in [0.25, 0.3) is 0 Å². The average molecular weight is 292 g/mol. The van der Waals surface area contributed by atoms with Crippen LogP contribution in [0.3, 0.4) is 0 Å². The molecular formula is C7H10NW-. The molecule has 1 aromatic rings. The molecule has 1 N–H and O–H groups in total. The van der Waals surface area contributed by atoms with Crippen LogP contribution < -0.4 is 0 Å². The first-order valence-corrected chi connectivity index (χ1v) is 3.58. The number of nitrogens with one attached hydrogen (secondary N) is 1. The van der Waals surface area contributed by atoms with Gasteiger partial charge in [0.05, 0.1) is 0 Å². The summed E-state index contributed by atoms with van der Waals surface area (Å²) >= 11 is 0.833. The summed E-state index contributed by atoms with van der Waals surface area (Å²) in [5, 5.41) is 0. The smallest absolute Gasteiger partial charge is 0.171 e. The Morgan fingerprint density at radius 2 is 1.44 bits per heavy atom. The maximum atomic E-state index is 5.83. The maximum Gasteiger partial charge on any atom is -0.171 e. The molecule has 0 amide bonds. The van der Waals surface area contributed by atoms with Crippen molar-refractivity contribution in [3.05, 3.63) is 36.4 Å². The second kappa shape index (κ2) is 10.6. The van der Waals surface area contributed by atoms with Gasteiger partial charge in [-0.15, -0.1) is 0 Å². The van der Waals surface area contributed by atoms with Gasteiger partial charge in [-0.25, -0.2) is 0 Å². The Morgan fingerprint density at radius 1 is 1.00 bits per heavy atom. The van der Waals surface area contributed by atoms with Crippen LogP contribution in [0.2, 0.25) is 0 Å². The zero-order valence-electron chi connectivity index (χ0n) is 4.29. The number of hydrogen-bond donors (Lipinski definition) is 1. The van der Waals surface area contributed by atoms with E-state index in [0.717, 1.165) is 19.6 Å². The van der Waals surface area contributed by atoms with Gasteiger partial charge in [-0.05, 0) is 0 Å². The number of hydrogen-bond acceptors (Lipinski definition) is 1. The van der Waals surface area contributed by atoms with Crippen molar-refractivity contribution in [2.75, 3.05) is 0 Å². The summed E-state index contributed by atoms with van der Waals surface area (Å²) in [7, 11) is 0. The van der Waals surface area contributed by atoms with Gasteiger partial charge in [0.2, 0.25) is 0 Å². The molecule has 1 aromatic carbocycles. The van der Waals surface area contributed by atoms with Crippen LogP contribution >= 0.6 is 0 Å². The normalized spacial score (nSPS) is 5.78. The molecular weight excluding hydrogens is 282 g/mol. The van der Waals surface area contributed by atoms with Gasteiger partial charge in [0.25, 0.3) is 0 Å². The van der Waals surface area contributed by atoms with Gasteiger partial charge in [-0.3, -0.25) is 0 Å². The quantitative estimate of drug-likeness (QED) is 0.710. The second-order valence-electron chi connectivity index (χ2n) is 1.08. The minimum Gasteiger partial charge on any atom is -0.184 e. The van der Waals surface area contributed by atoms with Crippen molar-refractivity contribution in [1.82, 2.24) is 0 Å². The van der Waals surface area contributed by atoms with Gasteiger partial charge in [0.1, 0.15) is 0 Å². The first-order chi connectivity index (χ1) is 4.00. The minimum absolute atomic E-state index is 0. The van der Waals surface area contributed by atoms with Crippen LogP contribution in [-0.4, -0.2) is 0 Å². The van der Waals surface area contributed by atoms with Gasteiger partial charge >= 0.3 is 23.5 Å². The predicted octanol–water partition coefficient (Wildman–Crippen LogP) is 2.42. The molecule has 0 aliphatic heterocycles. The van der Waals surface area contributed by atoms with E-state index in [0.29, 0.717) is 0 Å². The Labute approximate surface area is 67.7 Å². The molecule has 1 rings (SSSR count). The van der Waals surface area contributed by atoms with Gasteiger partial charge in [0.15, 0.2) is 0 Å². The Kier molecular flexibility index (Phi) is 13.6. The number of rotatable bonds is 0. The molecule has 2 heteroatoms. The van der Waals surface area contributed by atoms with E-state index >= 15 is 0 Å². The monoisotopic (exact) mass is 292 g/mol.